The molecule has 0 fully saturated rings. The van der Waals surface area contributed by atoms with E-state index in [9.17, 15) is 13.2 Å². The second-order valence-corrected chi connectivity index (χ2v) is 8.28. The van der Waals surface area contributed by atoms with Crippen LogP contribution in [0.5, 0.6) is 0 Å². The van der Waals surface area contributed by atoms with Gasteiger partial charge in [0.05, 0.1) is 16.7 Å². The Morgan fingerprint density at radius 1 is 1.00 bits per heavy atom. The molecule has 0 aliphatic carbocycles. The minimum absolute atomic E-state index is 0.0615. The summed E-state index contributed by atoms with van der Waals surface area (Å²) in [7, 11) is 0.415. The summed E-state index contributed by atoms with van der Waals surface area (Å²) in [5, 5.41) is 2.94. The molecule has 0 saturated heterocycles. The normalized spacial score (nSPS) is 12.8. The van der Waals surface area contributed by atoms with Crippen LogP contribution in [0.25, 0.3) is 0 Å². The fourth-order valence-electron chi connectivity index (χ4n) is 2.52. The summed E-state index contributed by atoms with van der Waals surface area (Å²) in [6.45, 7) is 0.640. The van der Waals surface area contributed by atoms with Crippen molar-refractivity contribution in [3.8, 4) is 0 Å². The van der Waals surface area contributed by atoms with Crippen molar-refractivity contribution in [2.45, 2.75) is 17.4 Å². The molecule has 0 heterocycles. The zero-order chi connectivity index (χ0) is 18.3. The van der Waals surface area contributed by atoms with E-state index in [0.29, 0.717) is 6.54 Å². The molecule has 0 saturated carbocycles. The Morgan fingerprint density at radius 3 is 2.12 bits per heavy atom. The predicted molar refractivity (Wildman–Crippen MR) is 99.0 cm³/mol. The first-order chi connectivity index (χ1) is 11.9. The summed E-state index contributed by atoms with van der Waals surface area (Å²) in [6, 6.07) is 17.7. The number of carbonyl (C=O) groups excluding carboxylic acids is 1. The molecule has 1 amide bonds. The number of nitrogens with one attached hydrogen (secondary N) is 1. The monoisotopic (exact) mass is 360 g/mol. The lowest BCUT2D eigenvalue weighted by molar-refractivity contribution is -0.121. The third-order valence-corrected chi connectivity index (χ3v) is 5.52. The summed E-state index contributed by atoms with van der Waals surface area (Å²) < 4.78 is 24.6. The van der Waals surface area contributed by atoms with Gasteiger partial charge >= 0.3 is 0 Å². The number of sulfone groups is 1. The number of rotatable bonds is 8. The number of carbonyl (C=O) groups is 1. The van der Waals surface area contributed by atoms with Crippen molar-refractivity contribution < 1.29 is 13.2 Å². The van der Waals surface area contributed by atoms with E-state index in [1.54, 1.807) is 30.3 Å². The minimum atomic E-state index is -3.45. The topological polar surface area (TPSA) is 66.5 Å². The van der Waals surface area contributed by atoms with Crippen molar-refractivity contribution in [3.05, 3.63) is 66.2 Å². The maximum atomic E-state index is 12.3. The molecule has 0 spiro atoms. The Kier molecular flexibility index (Phi) is 6.73. The first-order valence-electron chi connectivity index (χ1n) is 8.15. The maximum absolute atomic E-state index is 12.3. The van der Waals surface area contributed by atoms with E-state index in [1.165, 1.54) is 0 Å². The van der Waals surface area contributed by atoms with Gasteiger partial charge in [0.1, 0.15) is 0 Å². The van der Waals surface area contributed by atoms with Gasteiger partial charge in [-0.25, -0.2) is 8.42 Å². The SMILES string of the molecule is CN(C)C[C@H](NC(=O)CCS(=O)(=O)c1ccccc1)c1ccccc1. The van der Waals surface area contributed by atoms with E-state index < -0.39 is 9.84 Å². The zero-order valence-electron chi connectivity index (χ0n) is 14.6. The highest BCUT2D eigenvalue weighted by atomic mass is 32.2. The molecule has 1 N–H and O–H groups in total. The highest BCUT2D eigenvalue weighted by molar-refractivity contribution is 7.91. The quantitative estimate of drug-likeness (QED) is 0.784. The van der Waals surface area contributed by atoms with Crippen LogP contribution in [0.4, 0.5) is 0 Å². The van der Waals surface area contributed by atoms with Crippen molar-refractivity contribution >= 4 is 15.7 Å². The molecule has 6 heteroatoms. The van der Waals surface area contributed by atoms with Gasteiger partial charge in [0.2, 0.25) is 5.91 Å². The molecule has 0 radical (unpaired) electrons. The van der Waals surface area contributed by atoms with Crippen molar-refractivity contribution in [1.82, 2.24) is 10.2 Å². The van der Waals surface area contributed by atoms with Gasteiger partial charge in [-0.1, -0.05) is 48.5 Å². The predicted octanol–water partition coefficient (Wildman–Crippen LogP) is 2.27. The van der Waals surface area contributed by atoms with Crippen LogP contribution in [0, 0.1) is 0 Å². The Balaban J connectivity index is 1.99. The molecule has 25 heavy (non-hydrogen) atoms. The fourth-order valence-corrected chi connectivity index (χ4v) is 3.79. The van der Waals surface area contributed by atoms with Crippen LogP contribution in [0.3, 0.4) is 0 Å². The summed E-state index contributed by atoms with van der Waals surface area (Å²) in [6.07, 6.45) is -0.0615. The molecule has 1 atom stereocenters. The lowest BCUT2D eigenvalue weighted by Gasteiger charge is -2.23. The van der Waals surface area contributed by atoms with Gasteiger partial charge in [0.15, 0.2) is 9.84 Å². The van der Waals surface area contributed by atoms with E-state index in [1.807, 2.05) is 49.3 Å². The molecule has 2 aromatic rings. The first kappa shape index (κ1) is 19.1. The average molecular weight is 360 g/mol. The van der Waals surface area contributed by atoms with Gasteiger partial charge in [-0.15, -0.1) is 0 Å². The summed E-state index contributed by atoms with van der Waals surface area (Å²) in [5.74, 6) is -0.470. The highest BCUT2D eigenvalue weighted by Gasteiger charge is 2.19. The minimum Gasteiger partial charge on any atom is -0.348 e. The number of nitrogens with zero attached hydrogens (tertiary/aromatic N) is 1. The van der Waals surface area contributed by atoms with Crippen LogP contribution in [0.1, 0.15) is 18.0 Å². The van der Waals surface area contributed by atoms with Gasteiger partial charge in [0.25, 0.3) is 0 Å². The molecule has 0 aromatic heterocycles. The van der Waals surface area contributed by atoms with Gasteiger partial charge in [-0.2, -0.15) is 0 Å². The van der Waals surface area contributed by atoms with Crippen molar-refractivity contribution in [1.29, 1.82) is 0 Å². The van der Waals surface area contributed by atoms with E-state index >= 15 is 0 Å². The number of hydrogen-bond donors (Lipinski definition) is 1. The number of hydrogen-bond acceptors (Lipinski definition) is 4. The molecule has 0 aliphatic heterocycles. The molecule has 0 unspecified atom stereocenters. The Hall–Kier alpha value is -2.18. The summed E-state index contributed by atoms with van der Waals surface area (Å²) in [5.41, 5.74) is 0.996. The van der Waals surface area contributed by atoms with Crippen LogP contribution in [0.2, 0.25) is 0 Å². The number of amides is 1. The van der Waals surface area contributed by atoms with E-state index in [-0.39, 0.29) is 29.0 Å². The van der Waals surface area contributed by atoms with Gasteiger partial charge in [-0.05, 0) is 31.8 Å². The van der Waals surface area contributed by atoms with E-state index in [2.05, 4.69) is 5.32 Å². The van der Waals surface area contributed by atoms with Crippen LogP contribution >= 0.6 is 0 Å². The van der Waals surface area contributed by atoms with E-state index in [0.717, 1.165) is 5.56 Å². The molecule has 134 valence electrons. The molecule has 2 aromatic carbocycles. The van der Waals surface area contributed by atoms with Crippen LogP contribution < -0.4 is 5.32 Å². The lowest BCUT2D eigenvalue weighted by atomic mass is 10.1. The molecule has 5 nitrogen and oxygen atoms in total. The van der Waals surface area contributed by atoms with Gasteiger partial charge in [-0.3, -0.25) is 4.79 Å². The standard InChI is InChI=1S/C19H24N2O3S/c1-21(2)15-18(16-9-5-3-6-10-16)20-19(22)13-14-25(23,24)17-11-7-4-8-12-17/h3-12,18H,13-15H2,1-2H3,(H,20,22)/t18-/m0/s1. The maximum Gasteiger partial charge on any atom is 0.221 e. The molecular formula is C19H24N2O3S. The molecular weight excluding hydrogens is 336 g/mol. The second-order valence-electron chi connectivity index (χ2n) is 6.17. The molecule has 0 bridgehead atoms. The van der Waals surface area contributed by atoms with Crippen molar-refractivity contribution in [2.75, 3.05) is 26.4 Å². The third kappa shape index (κ3) is 5.99. The Bertz CT molecular complexity index is 775. The average Bonchev–Trinajstić information content (AvgIpc) is 2.61. The van der Waals surface area contributed by atoms with E-state index in [4.69, 9.17) is 0 Å². The Morgan fingerprint density at radius 2 is 1.56 bits per heavy atom. The second kappa shape index (κ2) is 8.78. The zero-order valence-corrected chi connectivity index (χ0v) is 15.4. The largest absolute Gasteiger partial charge is 0.348 e. The van der Waals surface area contributed by atoms with Crippen LogP contribution in [0.15, 0.2) is 65.6 Å². The molecule has 2 rings (SSSR count). The fraction of sp³-hybridized carbons (Fsp3) is 0.316. The van der Waals surface area contributed by atoms with Crippen LogP contribution in [-0.4, -0.2) is 45.6 Å². The summed E-state index contributed by atoms with van der Waals surface area (Å²) in [4.78, 5) is 14.5. The molecule has 0 aliphatic rings. The highest BCUT2D eigenvalue weighted by Crippen LogP contribution is 2.15. The number of likely N-dealkylation sites (N-methyl/N-ethyl adjacent to an activating group) is 1. The summed E-state index contributed by atoms with van der Waals surface area (Å²) >= 11 is 0. The smallest absolute Gasteiger partial charge is 0.221 e. The number of benzene rings is 2. The third-order valence-electron chi connectivity index (χ3n) is 3.79. The van der Waals surface area contributed by atoms with Crippen molar-refractivity contribution in [2.24, 2.45) is 0 Å². The lowest BCUT2D eigenvalue weighted by Crippen LogP contribution is -2.36. The first-order valence-corrected chi connectivity index (χ1v) is 9.80. The van der Waals surface area contributed by atoms with Crippen molar-refractivity contribution in [3.63, 3.8) is 0 Å². The van der Waals surface area contributed by atoms with Crippen LogP contribution in [-0.2, 0) is 14.6 Å². The van der Waals surface area contributed by atoms with Gasteiger partial charge < -0.3 is 10.2 Å². The van der Waals surface area contributed by atoms with Gasteiger partial charge in [0, 0.05) is 13.0 Å². The Labute approximate surface area is 149 Å².